The van der Waals surface area contributed by atoms with Gasteiger partial charge in [-0.15, -0.1) is 0 Å². The SMILES string of the molecule is O=C(NC1CCCCC1)c1ccccc1NC(=O)[C@H]1CC(=O)N(c2ccccc2F)C1. The van der Waals surface area contributed by atoms with E-state index >= 15 is 0 Å². The van der Waals surface area contributed by atoms with E-state index in [2.05, 4.69) is 10.6 Å². The van der Waals surface area contributed by atoms with E-state index in [0.29, 0.717) is 11.3 Å². The molecular weight excluding hydrogens is 397 g/mol. The number of carbonyl (C=O) groups excluding carboxylic acids is 3. The van der Waals surface area contributed by atoms with Gasteiger partial charge in [-0.2, -0.15) is 0 Å². The van der Waals surface area contributed by atoms with Crippen molar-refractivity contribution >= 4 is 29.1 Å². The molecule has 0 bridgehead atoms. The van der Waals surface area contributed by atoms with Crippen molar-refractivity contribution in [2.45, 2.75) is 44.6 Å². The molecule has 2 aliphatic rings. The number of para-hydroxylation sites is 2. The lowest BCUT2D eigenvalue weighted by molar-refractivity contribution is -0.122. The highest BCUT2D eigenvalue weighted by Gasteiger charge is 2.36. The van der Waals surface area contributed by atoms with Crippen molar-refractivity contribution in [1.29, 1.82) is 0 Å². The molecule has 6 nitrogen and oxygen atoms in total. The smallest absolute Gasteiger partial charge is 0.253 e. The van der Waals surface area contributed by atoms with Crippen LogP contribution in [-0.4, -0.2) is 30.3 Å². The van der Waals surface area contributed by atoms with Crippen molar-refractivity contribution in [3.05, 3.63) is 59.9 Å². The number of anilines is 2. The summed E-state index contributed by atoms with van der Waals surface area (Å²) in [7, 11) is 0. The number of hydrogen-bond donors (Lipinski definition) is 2. The topological polar surface area (TPSA) is 78.5 Å². The number of carbonyl (C=O) groups is 3. The maximum absolute atomic E-state index is 14.1. The van der Waals surface area contributed by atoms with Gasteiger partial charge in [0.2, 0.25) is 11.8 Å². The van der Waals surface area contributed by atoms with Crippen LogP contribution in [0.25, 0.3) is 0 Å². The third-order valence-corrected chi connectivity index (χ3v) is 6.01. The number of halogens is 1. The van der Waals surface area contributed by atoms with Gasteiger partial charge in [0, 0.05) is 19.0 Å². The minimum Gasteiger partial charge on any atom is -0.349 e. The Morgan fingerprint density at radius 3 is 2.45 bits per heavy atom. The fourth-order valence-corrected chi connectivity index (χ4v) is 4.32. The molecule has 31 heavy (non-hydrogen) atoms. The zero-order valence-electron chi connectivity index (χ0n) is 17.3. The monoisotopic (exact) mass is 423 g/mol. The normalized spacial score (nSPS) is 19.3. The molecule has 2 fully saturated rings. The molecule has 0 unspecified atom stereocenters. The molecule has 162 valence electrons. The summed E-state index contributed by atoms with van der Waals surface area (Å²) in [5.41, 5.74) is 0.990. The van der Waals surface area contributed by atoms with Crippen LogP contribution in [0.4, 0.5) is 15.8 Å². The molecule has 1 heterocycles. The van der Waals surface area contributed by atoms with Gasteiger partial charge in [0.15, 0.2) is 0 Å². The van der Waals surface area contributed by atoms with Gasteiger partial charge < -0.3 is 15.5 Å². The Morgan fingerprint density at radius 1 is 0.968 bits per heavy atom. The summed E-state index contributed by atoms with van der Waals surface area (Å²) >= 11 is 0. The van der Waals surface area contributed by atoms with Crippen molar-refractivity contribution in [2.24, 2.45) is 5.92 Å². The number of benzene rings is 2. The summed E-state index contributed by atoms with van der Waals surface area (Å²) in [6.45, 7) is 0.0992. The maximum Gasteiger partial charge on any atom is 0.253 e. The van der Waals surface area contributed by atoms with E-state index < -0.39 is 11.7 Å². The van der Waals surface area contributed by atoms with E-state index in [9.17, 15) is 18.8 Å². The molecule has 1 saturated heterocycles. The van der Waals surface area contributed by atoms with Gasteiger partial charge in [-0.05, 0) is 37.1 Å². The Bertz CT molecular complexity index is 988. The molecule has 1 saturated carbocycles. The first-order valence-corrected chi connectivity index (χ1v) is 10.8. The highest BCUT2D eigenvalue weighted by molar-refractivity contribution is 6.07. The van der Waals surface area contributed by atoms with E-state index in [1.807, 2.05) is 0 Å². The fraction of sp³-hybridized carbons (Fsp3) is 0.375. The van der Waals surface area contributed by atoms with E-state index in [4.69, 9.17) is 0 Å². The highest BCUT2D eigenvalue weighted by Crippen LogP contribution is 2.28. The van der Waals surface area contributed by atoms with Gasteiger partial charge in [0.25, 0.3) is 5.91 Å². The highest BCUT2D eigenvalue weighted by atomic mass is 19.1. The maximum atomic E-state index is 14.1. The first-order valence-electron chi connectivity index (χ1n) is 10.8. The number of nitrogens with zero attached hydrogens (tertiary/aromatic N) is 1. The molecule has 0 spiro atoms. The lowest BCUT2D eigenvalue weighted by Gasteiger charge is -2.23. The minimum absolute atomic E-state index is 0.00337. The lowest BCUT2D eigenvalue weighted by atomic mass is 9.95. The van der Waals surface area contributed by atoms with Crippen LogP contribution in [0.2, 0.25) is 0 Å². The molecule has 7 heteroatoms. The number of hydrogen-bond acceptors (Lipinski definition) is 3. The lowest BCUT2D eigenvalue weighted by Crippen LogP contribution is -2.36. The third-order valence-electron chi connectivity index (χ3n) is 6.01. The van der Waals surface area contributed by atoms with Crippen molar-refractivity contribution in [1.82, 2.24) is 5.32 Å². The summed E-state index contributed by atoms with van der Waals surface area (Å²) in [5, 5.41) is 5.87. The molecule has 1 atom stereocenters. The van der Waals surface area contributed by atoms with Crippen LogP contribution >= 0.6 is 0 Å². The van der Waals surface area contributed by atoms with Gasteiger partial charge >= 0.3 is 0 Å². The Hall–Kier alpha value is -3.22. The van der Waals surface area contributed by atoms with Crippen LogP contribution in [0.1, 0.15) is 48.9 Å². The standard InChI is InChI=1S/C24H26FN3O3/c25-19-11-5-7-13-21(19)28-15-16(14-22(28)29)23(30)27-20-12-6-4-10-18(20)24(31)26-17-8-2-1-3-9-17/h4-7,10-13,16-17H,1-3,8-9,14-15H2,(H,26,31)(H,27,30)/t16-/m0/s1. The van der Waals surface area contributed by atoms with E-state index in [1.165, 1.54) is 23.5 Å². The predicted molar refractivity (Wildman–Crippen MR) is 116 cm³/mol. The van der Waals surface area contributed by atoms with E-state index in [-0.39, 0.29) is 42.4 Å². The first kappa shape index (κ1) is 21.0. The molecule has 2 aromatic carbocycles. The van der Waals surface area contributed by atoms with Gasteiger partial charge in [-0.25, -0.2) is 4.39 Å². The van der Waals surface area contributed by atoms with Crippen LogP contribution in [0.5, 0.6) is 0 Å². The van der Waals surface area contributed by atoms with Crippen LogP contribution in [0.3, 0.4) is 0 Å². The molecule has 0 aromatic heterocycles. The Labute approximate surface area is 180 Å². The summed E-state index contributed by atoms with van der Waals surface area (Å²) < 4.78 is 14.1. The third kappa shape index (κ3) is 4.76. The molecule has 3 amide bonds. The first-order chi connectivity index (χ1) is 15.0. The van der Waals surface area contributed by atoms with Crippen LogP contribution < -0.4 is 15.5 Å². The minimum atomic E-state index is -0.624. The molecule has 1 aliphatic carbocycles. The van der Waals surface area contributed by atoms with Crippen molar-refractivity contribution in [3.63, 3.8) is 0 Å². The summed E-state index contributed by atoms with van der Waals surface area (Å²) in [5.74, 6) is -1.99. The summed E-state index contributed by atoms with van der Waals surface area (Å²) in [6, 6.07) is 13.0. The Balaban J connectivity index is 1.44. The summed E-state index contributed by atoms with van der Waals surface area (Å²) in [4.78, 5) is 39.4. The Morgan fingerprint density at radius 2 is 1.68 bits per heavy atom. The van der Waals surface area contributed by atoms with Crippen molar-refractivity contribution in [3.8, 4) is 0 Å². The average molecular weight is 423 g/mol. The van der Waals surface area contributed by atoms with Crippen LogP contribution in [0.15, 0.2) is 48.5 Å². The van der Waals surface area contributed by atoms with Gasteiger partial charge in [0.05, 0.1) is 22.9 Å². The fourth-order valence-electron chi connectivity index (χ4n) is 4.32. The van der Waals surface area contributed by atoms with Gasteiger partial charge in [-0.1, -0.05) is 43.5 Å². The van der Waals surface area contributed by atoms with Crippen LogP contribution in [0, 0.1) is 11.7 Å². The molecule has 4 rings (SSSR count). The van der Waals surface area contributed by atoms with Crippen LogP contribution in [-0.2, 0) is 9.59 Å². The van der Waals surface area contributed by atoms with Gasteiger partial charge in [-0.3, -0.25) is 14.4 Å². The van der Waals surface area contributed by atoms with E-state index in [0.717, 1.165) is 25.7 Å². The predicted octanol–water partition coefficient (Wildman–Crippen LogP) is 3.88. The largest absolute Gasteiger partial charge is 0.349 e. The molecule has 0 radical (unpaired) electrons. The molecule has 2 aromatic rings. The van der Waals surface area contributed by atoms with Crippen molar-refractivity contribution in [2.75, 3.05) is 16.8 Å². The quantitative estimate of drug-likeness (QED) is 0.766. The molecule has 1 aliphatic heterocycles. The second kappa shape index (κ2) is 9.29. The number of amides is 3. The average Bonchev–Trinajstić information content (AvgIpc) is 3.16. The van der Waals surface area contributed by atoms with E-state index in [1.54, 1.807) is 36.4 Å². The zero-order chi connectivity index (χ0) is 21.8. The molecule has 2 N–H and O–H groups in total. The molecular formula is C24H26FN3O3. The Kier molecular flexibility index (Phi) is 6.30. The second-order valence-electron chi connectivity index (χ2n) is 8.20. The number of rotatable bonds is 5. The second-order valence-corrected chi connectivity index (χ2v) is 8.20. The van der Waals surface area contributed by atoms with Gasteiger partial charge in [0.1, 0.15) is 5.82 Å². The number of nitrogens with one attached hydrogen (secondary N) is 2. The zero-order valence-corrected chi connectivity index (χ0v) is 17.3. The van der Waals surface area contributed by atoms with Crippen molar-refractivity contribution < 1.29 is 18.8 Å². The summed E-state index contributed by atoms with van der Waals surface area (Å²) in [6.07, 6.45) is 5.35.